The van der Waals surface area contributed by atoms with E-state index in [0.29, 0.717) is 10.6 Å². The number of halogens is 3. The van der Waals surface area contributed by atoms with Crippen LogP contribution in [0.5, 0.6) is 0 Å². The van der Waals surface area contributed by atoms with Crippen molar-refractivity contribution in [3.63, 3.8) is 0 Å². The summed E-state index contributed by atoms with van der Waals surface area (Å²) in [5.74, 6) is -1.48. The van der Waals surface area contributed by atoms with Gasteiger partial charge in [0.25, 0.3) is 0 Å². The van der Waals surface area contributed by atoms with Crippen molar-refractivity contribution in [3.8, 4) is 0 Å². The molecule has 0 aliphatic carbocycles. The van der Waals surface area contributed by atoms with Crippen LogP contribution in [-0.2, 0) is 16.3 Å². The van der Waals surface area contributed by atoms with E-state index >= 15 is 0 Å². The van der Waals surface area contributed by atoms with Crippen molar-refractivity contribution in [3.05, 3.63) is 94.8 Å². The van der Waals surface area contributed by atoms with E-state index in [1.165, 1.54) is 36.7 Å². The van der Waals surface area contributed by atoms with Crippen molar-refractivity contribution in [2.75, 3.05) is 0 Å². The van der Waals surface area contributed by atoms with E-state index in [1.807, 2.05) is 0 Å². The second-order valence-electron chi connectivity index (χ2n) is 5.71. The number of benzene rings is 2. The molecule has 0 saturated carbocycles. The van der Waals surface area contributed by atoms with Crippen LogP contribution in [0.3, 0.4) is 0 Å². The van der Waals surface area contributed by atoms with Gasteiger partial charge in [0, 0.05) is 23.0 Å². The van der Waals surface area contributed by atoms with Crippen molar-refractivity contribution in [1.29, 1.82) is 0 Å². The Kier molecular flexibility index (Phi) is 5.34. The van der Waals surface area contributed by atoms with Gasteiger partial charge in [0.2, 0.25) is 0 Å². The highest BCUT2D eigenvalue weighted by Gasteiger charge is 2.32. The van der Waals surface area contributed by atoms with Crippen molar-refractivity contribution in [2.45, 2.75) is 16.6 Å². The van der Waals surface area contributed by atoms with Gasteiger partial charge in [-0.25, -0.2) is 17.2 Å². The number of hydrogen-bond donors (Lipinski definition) is 0. The van der Waals surface area contributed by atoms with Crippen LogP contribution in [0, 0.1) is 11.6 Å². The minimum atomic E-state index is -3.99. The minimum absolute atomic E-state index is 0.00961. The van der Waals surface area contributed by atoms with Crippen molar-refractivity contribution >= 4 is 21.4 Å². The third-order valence-electron chi connectivity index (χ3n) is 3.99. The van der Waals surface area contributed by atoms with Gasteiger partial charge in [-0.05, 0) is 66.6 Å². The zero-order valence-electron chi connectivity index (χ0n) is 13.4. The Labute approximate surface area is 155 Å². The van der Waals surface area contributed by atoms with E-state index < -0.39 is 26.7 Å². The molecule has 0 amide bonds. The predicted molar refractivity (Wildman–Crippen MR) is 95.7 cm³/mol. The summed E-state index contributed by atoms with van der Waals surface area (Å²) in [6.07, 6.45) is 3.01. The van der Waals surface area contributed by atoms with Crippen LogP contribution in [0.15, 0.2) is 71.9 Å². The van der Waals surface area contributed by atoms with Gasteiger partial charge < -0.3 is 0 Å². The molecule has 0 radical (unpaired) electrons. The van der Waals surface area contributed by atoms with E-state index in [-0.39, 0.29) is 16.9 Å². The maximum absolute atomic E-state index is 14.4. The fourth-order valence-corrected chi connectivity index (χ4v) is 4.57. The fraction of sp³-hybridized carbons (Fsp3) is 0.105. The SMILES string of the molecule is O=S(=O)(c1ccc(Cl)cc1)C(Cc1ccncc1)c1cc(F)ccc1F. The minimum Gasteiger partial charge on any atom is -0.265 e. The molecule has 3 aromatic rings. The number of rotatable bonds is 5. The van der Waals surface area contributed by atoms with Crippen LogP contribution in [0.25, 0.3) is 0 Å². The van der Waals surface area contributed by atoms with Crippen molar-refractivity contribution in [2.24, 2.45) is 0 Å². The lowest BCUT2D eigenvalue weighted by Crippen LogP contribution is -2.18. The largest absolute Gasteiger partial charge is 0.265 e. The molecular weight excluding hydrogens is 380 g/mol. The van der Waals surface area contributed by atoms with E-state index in [0.717, 1.165) is 18.2 Å². The predicted octanol–water partition coefficient (Wildman–Crippen LogP) is 4.77. The third-order valence-corrected chi connectivity index (χ3v) is 6.34. The van der Waals surface area contributed by atoms with E-state index in [1.54, 1.807) is 12.1 Å². The lowest BCUT2D eigenvalue weighted by atomic mass is 10.0. The zero-order chi connectivity index (χ0) is 18.7. The molecule has 0 spiro atoms. The number of pyridine rings is 1. The molecule has 0 aliphatic rings. The summed E-state index contributed by atoms with van der Waals surface area (Å²) in [5, 5.41) is -0.909. The monoisotopic (exact) mass is 393 g/mol. The van der Waals surface area contributed by atoms with Gasteiger partial charge >= 0.3 is 0 Å². The number of sulfone groups is 1. The Bertz CT molecular complexity index is 1010. The van der Waals surface area contributed by atoms with Crippen molar-refractivity contribution < 1.29 is 17.2 Å². The summed E-state index contributed by atoms with van der Waals surface area (Å²) < 4.78 is 54.4. The second-order valence-corrected chi connectivity index (χ2v) is 8.28. The van der Waals surface area contributed by atoms with Gasteiger partial charge in [-0.15, -0.1) is 0 Å². The summed E-state index contributed by atoms with van der Waals surface area (Å²) in [6.45, 7) is 0. The van der Waals surface area contributed by atoms with Crippen LogP contribution >= 0.6 is 11.6 Å². The average Bonchev–Trinajstić information content (AvgIpc) is 2.63. The Morgan fingerprint density at radius 3 is 2.27 bits per heavy atom. The third kappa shape index (κ3) is 3.92. The quantitative estimate of drug-likeness (QED) is 0.627. The lowest BCUT2D eigenvalue weighted by molar-refractivity contribution is 0.558. The number of hydrogen-bond acceptors (Lipinski definition) is 3. The first kappa shape index (κ1) is 18.5. The summed E-state index contributed by atoms with van der Waals surface area (Å²) >= 11 is 5.82. The Morgan fingerprint density at radius 1 is 0.962 bits per heavy atom. The molecule has 0 fully saturated rings. The summed E-state index contributed by atoms with van der Waals surface area (Å²) in [6, 6.07) is 11.7. The molecule has 1 unspecified atom stereocenters. The number of aromatic nitrogens is 1. The molecule has 0 N–H and O–H groups in total. The average molecular weight is 394 g/mol. The summed E-state index contributed by atoms with van der Waals surface area (Å²) in [4.78, 5) is 3.88. The van der Waals surface area contributed by atoms with E-state index in [4.69, 9.17) is 11.6 Å². The fourth-order valence-electron chi connectivity index (χ4n) is 2.67. The molecule has 134 valence electrons. The highest BCUT2D eigenvalue weighted by molar-refractivity contribution is 7.91. The number of nitrogens with zero attached hydrogens (tertiary/aromatic N) is 1. The zero-order valence-corrected chi connectivity index (χ0v) is 15.0. The first-order valence-electron chi connectivity index (χ1n) is 7.71. The van der Waals surface area contributed by atoms with Crippen LogP contribution in [0.4, 0.5) is 8.78 Å². The Morgan fingerprint density at radius 2 is 1.62 bits per heavy atom. The van der Waals surface area contributed by atoms with Crippen LogP contribution in [0.2, 0.25) is 5.02 Å². The maximum atomic E-state index is 14.4. The van der Waals surface area contributed by atoms with Gasteiger partial charge in [0.15, 0.2) is 9.84 Å². The molecule has 1 aromatic heterocycles. The molecule has 7 heteroatoms. The Hall–Kier alpha value is -2.31. The lowest BCUT2D eigenvalue weighted by Gasteiger charge is -2.19. The molecule has 0 bridgehead atoms. The second kappa shape index (κ2) is 7.51. The Balaban J connectivity index is 2.13. The van der Waals surface area contributed by atoms with Crippen molar-refractivity contribution in [1.82, 2.24) is 4.98 Å². The molecule has 0 aliphatic heterocycles. The molecule has 1 atom stereocenters. The standard InChI is InChI=1S/C19H14ClF2NO2S/c20-14-1-4-16(5-2-14)26(24,25)19(11-13-7-9-23-10-8-13)17-12-15(21)3-6-18(17)22/h1-10,12,19H,11H2. The molecule has 3 nitrogen and oxygen atoms in total. The van der Waals surface area contributed by atoms with Gasteiger partial charge in [0.05, 0.1) is 10.1 Å². The topological polar surface area (TPSA) is 47.0 Å². The smallest absolute Gasteiger partial charge is 0.185 e. The van der Waals surface area contributed by atoms with E-state index in [2.05, 4.69) is 4.98 Å². The maximum Gasteiger partial charge on any atom is 0.185 e. The molecule has 2 aromatic carbocycles. The van der Waals surface area contributed by atoms with Gasteiger partial charge in [-0.3, -0.25) is 4.98 Å². The van der Waals surface area contributed by atoms with Crippen LogP contribution in [-0.4, -0.2) is 13.4 Å². The normalized spacial score (nSPS) is 12.7. The van der Waals surface area contributed by atoms with Crippen LogP contribution < -0.4 is 0 Å². The molecule has 1 heterocycles. The van der Waals surface area contributed by atoms with Gasteiger partial charge in [-0.2, -0.15) is 0 Å². The molecular formula is C19H14ClF2NO2S. The highest BCUT2D eigenvalue weighted by atomic mass is 35.5. The van der Waals surface area contributed by atoms with Gasteiger partial charge in [0.1, 0.15) is 11.6 Å². The van der Waals surface area contributed by atoms with Crippen LogP contribution in [0.1, 0.15) is 16.4 Å². The highest BCUT2D eigenvalue weighted by Crippen LogP contribution is 2.34. The summed E-state index contributed by atoms with van der Waals surface area (Å²) in [7, 11) is -3.99. The van der Waals surface area contributed by atoms with E-state index in [9.17, 15) is 17.2 Å². The summed E-state index contributed by atoms with van der Waals surface area (Å²) in [5.41, 5.74) is 0.433. The first-order chi connectivity index (χ1) is 12.4. The molecule has 0 saturated heterocycles. The molecule has 3 rings (SSSR count). The first-order valence-corrected chi connectivity index (χ1v) is 9.63. The molecule has 26 heavy (non-hydrogen) atoms. The van der Waals surface area contributed by atoms with Gasteiger partial charge in [-0.1, -0.05) is 11.6 Å².